The third-order valence-electron chi connectivity index (χ3n) is 4.67. The molecule has 1 N–H and O–H groups in total. The summed E-state index contributed by atoms with van der Waals surface area (Å²) in [4.78, 5) is 12.8. The largest absolute Gasteiger partial charge is 0.349 e. The molecule has 1 heterocycles. The van der Waals surface area contributed by atoms with E-state index in [0.29, 0.717) is 19.4 Å². The monoisotopic (exact) mass is 367 g/mol. The van der Waals surface area contributed by atoms with Crippen molar-refractivity contribution >= 4 is 16.1 Å². The second kappa shape index (κ2) is 8.29. The van der Waals surface area contributed by atoms with Gasteiger partial charge in [0.1, 0.15) is 0 Å². The van der Waals surface area contributed by atoms with Crippen LogP contribution in [-0.4, -0.2) is 50.1 Å². The number of carbonyl (C=O) groups is 1. The van der Waals surface area contributed by atoms with E-state index in [4.69, 9.17) is 0 Å². The lowest BCUT2D eigenvalue weighted by atomic mass is 9.93. The van der Waals surface area contributed by atoms with Gasteiger partial charge in [0, 0.05) is 27.2 Å². The average Bonchev–Trinajstić information content (AvgIpc) is 2.59. The van der Waals surface area contributed by atoms with Gasteiger partial charge in [-0.15, -0.1) is 0 Å². The first-order valence-corrected chi connectivity index (χ1v) is 10.2. The van der Waals surface area contributed by atoms with Gasteiger partial charge in [0.15, 0.2) is 0 Å². The number of hydrogen-bond donors (Lipinski definition) is 1. The third-order valence-corrected chi connectivity index (χ3v) is 6.57. The molecule has 1 saturated heterocycles. The summed E-state index contributed by atoms with van der Waals surface area (Å²) in [7, 11) is -0.443. The van der Waals surface area contributed by atoms with E-state index in [1.165, 1.54) is 22.7 Å². The van der Waals surface area contributed by atoms with E-state index in [-0.39, 0.29) is 30.3 Å². The van der Waals surface area contributed by atoms with Crippen LogP contribution in [0.4, 0.5) is 0 Å². The van der Waals surface area contributed by atoms with Crippen LogP contribution >= 0.6 is 0 Å². The van der Waals surface area contributed by atoms with Crippen LogP contribution in [-0.2, 0) is 15.0 Å². The van der Waals surface area contributed by atoms with Gasteiger partial charge in [-0.3, -0.25) is 4.79 Å². The molecule has 0 aromatic heterocycles. The van der Waals surface area contributed by atoms with Crippen LogP contribution in [0.15, 0.2) is 30.3 Å². The molecule has 25 heavy (non-hydrogen) atoms. The zero-order valence-electron chi connectivity index (χ0n) is 15.5. The molecule has 0 unspecified atom stereocenters. The summed E-state index contributed by atoms with van der Waals surface area (Å²) in [6.45, 7) is 4.85. The Morgan fingerprint density at radius 2 is 1.88 bits per heavy atom. The average molecular weight is 368 g/mol. The van der Waals surface area contributed by atoms with Crippen LogP contribution < -0.4 is 5.32 Å². The van der Waals surface area contributed by atoms with E-state index >= 15 is 0 Å². The molecule has 0 bridgehead atoms. The minimum Gasteiger partial charge on any atom is -0.349 e. The van der Waals surface area contributed by atoms with Crippen molar-refractivity contribution in [2.24, 2.45) is 11.8 Å². The standard InChI is InChI=1S/C18H29N3O3S/c1-14(2)17(15-9-6-5-7-10-15)19-18(22)16-11-8-12-21(13-16)25(23,24)20(3)4/h5-7,9-10,14,16-17H,8,11-13H2,1-4H3,(H,19,22)/t16-,17-/m1/s1. The molecule has 1 aliphatic rings. The van der Waals surface area contributed by atoms with Crippen molar-refractivity contribution in [2.75, 3.05) is 27.2 Å². The molecule has 6 nitrogen and oxygen atoms in total. The Morgan fingerprint density at radius 1 is 1.24 bits per heavy atom. The fourth-order valence-electron chi connectivity index (χ4n) is 3.16. The first kappa shape index (κ1) is 19.9. The van der Waals surface area contributed by atoms with Crippen molar-refractivity contribution in [3.05, 3.63) is 35.9 Å². The van der Waals surface area contributed by atoms with Crippen LogP contribution in [0.3, 0.4) is 0 Å². The Labute approximate surface area is 151 Å². The molecule has 140 valence electrons. The van der Waals surface area contributed by atoms with Gasteiger partial charge in [-0.1, -0.05) is 44.2 Å². The lowest BCUT2D eigenvalue weighted by molar-refractivity contribution is -0.127. The van der Waals surface area contributed by atoms with E-state index in [2.05, 4.69) is 19.2 Å². The van der Waals surface area contributed by atoms with Gasteiger partial charge in [-0.2, -0.15) is 17.0 Å². The van der Waals surface area contributed by atoms with Gasteiger partial charge in [0.05, 0.1) is 12.0 Å². The Kier molecular flexibility index (Phi) is 6.59. The van der Waals surface area contributed by atoms with Crippen LogP contribution in [0, 0.1) is 11.8 Å². The van der Waals surface area contributed by atoms with Gasteiger partial charge in [0.25, 0.3) is 10.2 Å². The van der Waals surface area contributed by atoms with E-state index < -0.39 is 10.2 Å². The highest BCUT2D eigenvalue weighted by Crippen LogP contribution is 2.25. The fraction of sp³-hybridized carbons (Fsp3) is 0.611. The summed E-state index contributed by atoms with van der Waals surface area (Å²) in [6.07, 6.45) is 1.41. The molecule has 0 aliphatic carbocycles. The van der Waals surface area contributed by atoms with Crippen LogP contribution in [0.25, 0.3) is 0 Å². The topological polar surface area (TPSA) is 69.7 Å². The lowest BCUT2D eigenvalue weighted by Gasteiger charge is -2.34. The predicted octanol–water partition coefficient (Wildman–Crippen LogP) is 2.02. The Balaban J connectivity index is 2.09. The predicted molar refractivity (Wildman–Crippen MR) is 99.1 cm³/mol. The highest BCUT2D eigenvalue weighted by Gasteiger charge is 2.34. The van der Waals surface area contributed by atoms with Crippen molar-refractivity contribution in [1.29, 1.82) is 0 Å². The second-order valence-electron chi connectivity index (χ2n) is 7.13. The molecule has 2 atom stereocenters. The molecule has 1 aromatic carbocycles. The molecule has 1 fully saturated rings. The number of rotatable bonds is 6. The van der Waals surface area contributed by atoms with Gasteiger partial charge in [0.2, 0.25) is 5.91 Å². The molecule has 0 spiro atoms. The fourth-order valence-corrected chi connectivity index (χ4v) is 4.35. The first-order valence-electron chi connectivity index (χ1n) is 8.76. The zero-order valence-corrected chi connectivity index (χ0v) is 16.3. The van der Waals surface area contributed by atoms with Crippen molar-refractivity contribution in [2.45, 2.75) is 32.7 Å². The number of benzene rings is 1. The van der Waals surface area contributed by atoms with E-state index in [9.17, 15) is 13.2 Å². The second-order valence-corrected chi connectivity index (χ2v) is 9.27. The highest BCUT2D eigenvalue weighted by molar-refractivity contribution is 7.86. The SMILES string of the molecule is CC(C)[C@@H](NC(=O)[C@@H]1CCCN(S(=O)(=O)N(C)C)C1)c1ccccc1. The molecule has 1 amide bonds. The lowest BCUT2D eigenvalue weighted by Crippen LogP contribution is -2.49. The van der Waals surface area contributed by atoms with Gasteiger partial charge >= 0.3 is 0 Å². The summed E-state index contributed by atoms with van der Waals surface area (Å²) >= 11 is 0. The minimum atomic E-state index is -3.48. The quantitative estimate of drug-likeness (QED) is 0.836. The molecule has 0 saturated carbocycles. The maximum absolute atomic E-state index is 12.8. The summed E-state index contributed by atoms with van der Waals surface area (Å²) < 4.78 is 27.3. The first-order chi connectivity index (χ1) is 11.7. The van der Waals surface area contributed by atoms with Gasteiger partial charge < -0.3 is 5.32 Å². The number of amides is 1. The molecule has 7 heteroatoms. The van der Waals surface area contributed by atoms with Crippen molar-refractivity contribution in [1.82, 2.24) is 13.9 Å². The van der Waals surface area contributed by atoms with Crippen LogP contribution in [0.1, 0.15) is 38.3 Å². The smallest absolute Gasteiger partial charge is 0.281 e. The normalized spacial score (nSPS) is 20.6. The summed E-state index contributed by atoms with van der Waals surface area (Å²) in [6, 6.07) is 9.82. The molecule has 1 aliphatic heterocycles. The highest BCUT2D eigenvalue weighted by atomic mass is 32.2. The molecule has 2 rings (SSSR count). The van der Waals surface area contributed by atoms with Gasteiger partial charge in [-0.25, -0.2) is 0 Å². The van der Waals surface area contributed by atoms with E-state index in [1.807, 2.05) is 30.3 Å². The number of nitrogens with one attached hydrogen (secondary N) is 1. The zero-order chi connectivity index (χ0) is 18.6. The van der Waals surface area contributed by atoms with E-state index in [1.54, 1.807) is 0 Å². The van der Waals surface area contributed by atoms with Gasteiger partial charge in [-0.05, 0) is 24.3 Å². The molecule has 0 radical (unpaired) electrons. The number of piperidine rings is 1. The summed E-state index contributed by atoms with van der Waals surface area (Å²) in [5.74, 6) is -0.133. The third kappa shape index (κ3) is 4.80. The maximum Gasteiger partial charge on any atom is 0.281 e. The molecule has 1 aromatic rings. The Bertz CT molecular complexity index is 674. The number of carbonyl (C=O) groups excluding carboxylic acids is 1. The van der Waals surface area contributed by atoms with Crippen LogP contribution in [0.2, 0.25) is 0 Å². The number of nitrogens with zero attached hydrogens (tertiary/aromatic N) is 2. The Morgan fingerprint density at radius 3 is 2.44 bits per heavy atom. The summed E-state index contributed by atoms with van der Waals surface area (Å²) in [5.41, 5.74) is 1.07. The Hall–Kier alpha value is -1.44. The van der Waals surface area contributed by atoms with E-state index in [0.717, 1.165) is 5.56 Å². The maximum atomic E-state index is 12.8. The van der Waals surface area contributed by atoms with Crippen molar-refractivity contribution < 1.29 is 13.2 Å². The molecular formula is C18H29N3O3S. The van der Waals surface area contributed by atoms with Crippen molar-refractivity contribution in [3.63, 3.8) is 0 Å². The number of hydrogen-bond acceptors (Lipinski definition) is 3. The molecular weight excluding hydrogens is 338 g/mol. The summed E-state index contributed by atoms with van der Waals surface area (Å²) in [5, 5.41) is 3.13. The van der Waals surface area contributed by atoms with Crippen molar-refractivity contribution in [3.8, 4) is 0 Å². The minimum absolute atomic E-state index is 0.0683. The van der Waals surface area contributed by atoms with Crippen LogP contribution in [0.5, 0.6) is 0 Å².